The highest BCUT2D eigenvalue weighted by Crippen LogP contribution is 2.37. The Hall–Kier alpha value is -2.10. The molecule has 1 aliphatic rings. The molecule has 0 saturated heterocycles. The number of carbonyl (C=O) groups is 2. The first-order valence-corrected chi connectivity index (χ1v) is 9.56. The third-order valence-corrected chi connectivity index (χ3v) is 5.99. The van der Waals surface area contributed by atoms with Crippen molar-refractivity contribution in [2.45, 2.75) is 25.7 Å². The lowest BCUT2D eigenvalue weighted by Gasteiger charge is -2.09. The minimum atomic E-state index is -0.251. The van der Waals surface area contributed by atoms with Crippen molar-refractivity contribution in [2.75, 3.05) is 11.1 Å². The smallest absolute Gasteiger partial charge is 0.235 e. The van der Waals surface area contributed by atoms with Crippen LogP contribution in [0.2, 0.25) is 0 Å². The van der Waals surface area contributed by atoms with Crippen LogP contribution in [0.1, 0.15) is 39.2 Å². The van der Waals surface area contributed by atoms with E-state index in [1.54, 1.807) is 24.3 Å². The number of thiophene rings is 1. The number of aryl methyl sites for hydroxylation is 1. The molecule has 4 nitrogen and oxygen atoms in total. The molecule has 0 fully saturated rings. The van der Waals surface area contributed by atoms with Crippen LogP contribution in [0.3, 0.4) is 0 Å². The molecule has 1 aliphatic carbocycles. The van der Waals surface area contributed by atoms with Crippen molar-refractivity contribution >= 4 is 39.1 Å². The van der Waals surface area contributed by atoms with E-state index in [0.29, 0.717) is 16.1 Å². The Labute approximate surface area is 148 Å². The molecule has 24 heavy (non-hydrogen) atoms. The van der Waals surface area contributed by atoms with Gasteiger partial charge in [0.05, 0.1) is 11.3 Å². The second-order valence-electron chi connectivity index (χ2n) is 5.52. The summed E-state index contributed by atoms with van der Waals surface area (Å²) in [6.45, 7) is 0. The molecule has 1 amide bonds. The molecule has 122 valence electrons. The first-order chi connectivity index (χ1) is 11.7. The summed E-state index contributed by atoms with van der Waals surface area (Å²) >= 11 is 2.47. The summed E-state index contributed by atoms with van der Waals surface area (Å²) in [7, 11) is 0. The van der Waals surface area contributed by atoms with Gasteiger partial charge in [0.1, 0.15) is 11.1 Å². The molecule has 2 aromatic rings. The zero-order valence-electron chi connectivity index (χ0n) is 13.0. The first-order valence-electron chi connectivity index (χ1n) is 7.75. The van der Waals surface area contributed by atoms with Crippen molar-refractivity contribution in [3.63, 3.8) is 0 Å². The van der Waals surface area contributed by atoms with Gasteiger partial charge in [0.25, 0.3) is 0 Å². The number of hydrogen-bond acceptors (Lipinski definition) is 5. The van der Waals surface area contributed by atoms with Crippen molar-refractivity contribution in [1.82, 2.24) is 0 Å². The molecule has 0 spiro atoms. The fourth-order valence-corrected chi connectivity index (χ4v) is 4.62. The predicted molar refractivity (Wildman–Crippen MR) is 97.5 cm³/mol. The highest BCUT2D eigenvalue weighted by atomic mass is 32.2. The van der Waals surface area contributed by atoms with Gasteiger partial charge in [-0.3, -0.25) is 9.59 Å². The number of nitriles is 1. The van der Waals surface area contributed by atoms with Crippen molar-refractivity contribution in [1.29, 1.82) is 5.26 Å². The average Bonchev–Trinajstić information content (AvgIpc) is 2.97. The Morgan fingerprint density at radius 1 is 1.21 bits per heavy atom. The van der Waals surface area contributed by atoms with Gasteiger partial charge in [0.2, 0.25) is 11.0 Å². The van der Waals surface area contributed by atoms with Gasteiger partial charge in [-0.05, 0) is 31.2 Å². The molecule has 0 radical (unpaired) electrons. The zero-order chi connectivity index (χ0) is 16.9. The molecule has 0 atom stereocenters. The first kappa shape index (κ1) is 16.7. The number of anilines is 1. The van der Waals surface area contributed by atoms with E-state index in [1.807, 2.05) is 6.07 Å². The number of benzene rings is 1. The summed E-state index contributed by atoms with van der Waals surface area (Å²) in [5.74, 6) is -0.208. The van der Waals surface area contributed by atoms with Crippen LogP contribution < -0.4 is 5.32 Å². The second-order valence-corrected chi connectivity index (χ2v) is 7.57. The van der Waals surface area contributed by atoms with Gasteiger partial charge in [-0.25, -0.2) is 0 Å². The van der Waals surface area contributed by atoms with Crippen LogP contribution in [0.25, 0.3) is 0 Å². The number of nitrogens with zero attached hydrogens (tertiary/aromatic N) is 1. The van der Waals surface area contributed by atoms with Crippen LogP contribution in [-0.4, -0.2) is 16.8 Å². The lowest BCUT2D eigenvalue weighted by Crippen LogP contribution is -2.15. The SMILES string of the molecule is N#Cc1c(NC(=O)CSC(=O)c2ccccc2)sc2c1CCCC2. The summed E-state index contributed by atoms with van der Waals surface area (Å²) in [5, 5.41) is 12.7. The monoisotopic (exact) mass is 356 g/mol. The number of rotatable bonds is 4. The molecular weight excluding hydrogens is 340 g/mol. The number of fused-ring (bicyclic) bond motifs is 1. The molecule has 1 heterocycles. The summed E-state index contributed by atoms with van der Waals surface area (Å²) in [6, 6.07) is 11.1. The maximum absolute atomic E-state index is 12.1. The van der Waals surface area contributed by atoms with Gasteiger partial charge in [-0.1, -0.05) is 42.1 Å². The van der Waals surface area contributed by atoms with E-state index in [4.69, 9.17) is 0 Å². The van der Waals surface area contributed by atoms with Crippen molar-refractivity contribution in [3.05, 3.63) is 51.9 Å². The number of amides is 1. The molecule has 0 unspecified atom stereocenters. The van der Waals surface area contributed by atoms with Crippen molar-refractivity contribution in [2.24, 2.45) is 0 Å². The van der Waals surface area contributed by atoms with Gasteiger partial charge in [0.15, 0.2) is 0 Å². The van der Waals surface area contributed by atoms with Crippen LogP contribution in [0, 0.1) is 11.3 Å². The predicted octanol–water partition coefficient (Wildman–Crippen LogP) is 4.01. The molecule has 0 saturated carbocycles. The number of nitrogens with one attached hydrogen (secondary N) is 1. The second kappa shape index (κ2) is 7.65. The van der Waals surface area contributed by atoms with Crippen LogP contribution in [0.15, 0.2) is 30.3 Å². The third kappa shape index (κ3) is 3.69. The van der Waals surface area contributed by atoms with E-state index >= 15 is 0 Å². The van der Waals surface area contributed by atoms with E-state index in [2.05, 4.69) is 11.4 Å². The lowest BCUT2D eigenvalue weighted by atomic mass is 9.96. The van der Waals surface area contributed by atoms with Gasteiger partial charge >= 0.3 is 0 Å². The maximum atomic E-state index is 12.1. The van der Waals surface area contributed by atoms with Crippen LogP contribution in [0.4, 0.5) is 5.00 Å². The average molecular weight is 356 g/mol. The third-order valence-electron chi connectivity index (χ3n) is 3.88. The Morgan fingerprint density at radius 3 is 2.71 bits per heavy atom. The standard InChI is InChI=1S/C18H16N2O2S2/c19-10-14-13-8-4-5-9-15(13)24-17(14)20-16(21)11-23-18(22)12-6-2-1-3-7-12/h1-3,6-7H,4-5,8-9,11H2,(H,20,21). The minimum Gasteiger partial charge on any atom is -0.316 e. The highest BCUT2D eigenvalue weighted by Gasteiger charge is 2.22. The molecule has 1 aromatic carbocycles. The minimum absolute atomic E-state index is 0.0428. The van der Waals surface area contributed by atoms with E-state index in [1.165, 1.54) is 16.2 Å². The van der Waals surface area contributed by atoms with Crippen LogP contribution in [0.5, 0.6) is 0 Å². The number of thioether (sulfide) groups is 1. The summed E-state index contributed by atoms with van der Waals surface area (Å²) in [6.07, 6.45) is 4.11. The van der Waals surface area contributed by atoms with Crippen LogP contribution >= 0.6 is 23.1 Å². The number of carbonyl (C=O) groups excluding carboxylic acids is 2. The quantitative estimate of drug-likeness (QED) is 0.898. The number of hydrogen-bond donors (Lipinski definition) is 1. The molecule has 3 rings (SSSR count). The molecular formula is C18H16N2O2S2. The lowest BCUT2D eigenvalue weighted by molar-refractivity contribution is -0.113. The Morgan fingerprint density at radius 2 is 1.96 bits per heavy atom. The van der Waals surface area contributed by atoms with Gasteiger partial charge in [-0.15, -0.1) is 11.3 Å². The van der Waals surface area contributed by atoms with E-state index in [-0.39, 0.29) is 16.8 Å². The van der Waals surface area contributed by atoms with Crippen LogP contribution in [-0.2, 0) is 17.6 Å². The van der Waals surface area contributed by atoms with E-state index in [9.17, 15) is 14.9 Å². The Kier molecular flexibility index (Phi) is 5.34. The largest absolute Gasteiger partial charge is 0.316 e. The molecule has 1 aromatic heterocycles. The molecule has 0 aliphatic heterocycles. The van der Waals surface area contributed by atoms with Gasteiger partial charge in [-0.2, -0.15) is 5.26 Å². The fraction of sp³-hybridized carbons (Fsp3) is 0.278. The van der Waals surface area contributed by atoms with E-state index in [0.717, 1.165) is 43.0 Å². The normalized spacial score (nSPS) is 13.0. The van der Waals surface area contributed by atoms with Gasteiger partial charge in [0, 0.05) is 10.4 Å². The summed E-state index contributed by atoms with van der Waals surface area (Å²) < 4.78 is 0. The molecule has 0 bridgehead atoms. The van der Waals surface area contributed by atoms with Gasteiger partial charge < -0.3 is 5.32 Å². The Balaban J connectivity index is 1.62. The topological polar surface area (TPSA) is 70.0 Å². The van der Waals surface area contributed by atoms with E-state index < -0.39 is 0 Å². The van der Waals surface area contributed by atoms with Crippen molar-refractivity contribution in [3.8, 4) is 6.07 Å². The van der Waals surface area contributed by atoms with Crippen molar-refractivity contribution < 1.29 is 9.59 Å². The summed E-state index contributed by atoms with van der Waals surface area (Å²) in [4.78, 5) is 25.4. The molecule has 6 heteroatoms. The highest BCUT2D eigenvalue weighted by molar-refractivity contribution is 8.14. The molecule has 1 N–H and O–H groups in total. The Bertz CT molecular complexity index is 806. The maximum Gasteiger partial charge on any atom is 0.235 e. The summed E-state index contributed by atoms with van der Waals surface area (Å²) in [5.41, 5.74) is 2.28. The zero-order valence-corrected chi connectivity index (χ0v) is 14.6. The fourth-order valence-electron chi connectivity index (χ4n) is 2.72.